The van der Waals surface area contributed by atoms with Gasteiger partial charge in [-0.2, -0.15) is 0 Å². The third-order valence-electron chi connectivity index (χ3n) is 5.63. The van der Waals surface area contributed by atoms with Crippen LogP contribution in [0.3, 0.4) is 0 Å². The highest BCUT2D eigenvalue weighted by Gasteiger charge is 2.40. The van der Waals surface area contributed by atoms with Crippen LogP contribution in [0, 0.1) is 12.7 Å². The summed E-state index contributed by atoms with van der Waals surface area (Å²) >= 11 is 0. The van der Waals surface area contributed by atoms with Gasteiger partial charge in [-0.25, -0.2) is 9.37 Å². The Morgan fingerprint density at radius 3 is 2.62 bits per heavy atom. The number of benzene rings is 3. The Balaban J connectivity index is 1.47. The van der Waals surface area contributed by atoms with Gasteiger partial charge in [-0.05, 0) is 42.8 Å². The molecule has 7 heteroatoms. The molecule has 1 aliphatic rings. The Morgan fingerprint density at radius 1 is 1.06 bits per heavy atom. The lowest BCUT2D eigenvalue weighted by molar-refractivity contribution is -0.124. The minimum absolute atomic E-state index is 0.0763. The van der Waals surface area contributed by atoms with Crippen LogP contribution < -0.4 is 10.2 Å². The van der Waals surface area contributed by atoms with Crippen molar-refractivity contribution < 1.29 is 14.0 Å². The van der Waals surface area contributed by atoms with Gasteiger partial charge in [0.05, 0.1) is 24.0 Å². The second-order valence-electron chi connectivity index (χ2n) is 7.96. The van der Waals surface area contributed by atoms with Gasteiger partial charge < -0.3 is 5.32 Å². The minimum atomic E-state index is -0.726. The number of hydrogen-bond donors (Lipinski definition) is 1. The smallest absolute Gasteiger partial charge is 0.253 e. The molecule has 2 heterocycles. The van der Waals surface area contributed by atoms with Gasteiger partial charge in [0.1, 0.15) is 11.9 Å². The van der Waals surface area contributed by atoms with Crippen molar-refractivity contribution in [1.29, 1.82) is 0 Å². The molecule has 0 bridgehead atoms. The van der Waals surface area contributed by atoms with Crippen molar-refractivity contribution in [3.05, 3.63) is 89.7 Å². The van der Waals surface area contributed by atoms with Crippen LogP contribution in [0.25, 0.3) is 11.0 Å². The van der Waals surface area contributed by atoms with Crippen molar-refractivity contribution in [2.24, 2.45) is 0 Å². The average Bonchev–Trinajstić information content (AvgIpc) is 3.26. The SMILES string of the molecule is Cc1ccc(CN2C(=O)C(CC(=O)Nc3cccc(F)c3)n3c2nc2ccccc23)cc1. The molecule has 0 saturated carbocycles. The number of nitrogens with zero attached hydrogens (tertiary/aromatic N) is 3. The van der Waals surface area contributed by atoms with Crippen LogP contribution in [0.5, 0.6) is 0 Å². The number of carbonyl (C=O) groups excluding carboxylic acids is 2. The normalized spacial score (nSPS) is 15.2. The van der Waals surface area contributed by atoms with Crippen molar-refractivity contribution >= 4 is 34.5 Å². The summed E-state index contributed by atoms with van der Waals surface area (Å²) < 4.78 is 15.3. The van der Waals surface area contributed by atoms with E-state index in [1.165, 1.54) is 18.2 Å². The standard InChI is InChI=1S/C25H21FN4O2/c1-16-9-11-17(12-10-16)15-29-24(32)22(14-23(31)27-19-6-4-5-18(26)13-19)30-21-8-3-2-7-20(21)28-25(29)30/h2-13,22H,14-15H2,1H3,(H,27,31). The molecule has 5 rings (SSSR count). The Bertz CT molecular complexity index is 1330. The summed E-state index contributed by atoms with van der Waals surface area (Å²) in [5, 5.41) is 2.69. The highest BCUT2D eigenvalue weighted by molar-refractivity contribution is 6.05. The van der Waals surface area contributed by atoms with Crippen molar-refractivity contribution in [3.63, 3.8) is 0 Å². The van der Waals surface area contributed by atoms with Gasteiger partial charge in [-0.15, -0.1) is 0 Å². The summed E-state index contributed by atoms with van der Waals surface area (Å²) in [5.74, 6) is -0.463. The monoisotopic (exact) mass is 428 g/mol. The number of fused-ring (bicyclic) bond motifs is 3. The van der Waals surface area contributed by atoms with Crippen LogP contribution in [0.1, 0.15) is 23.6 Å². The Hall–Kier alpha value is -4.00. The number of halogens is 1. The molecule has 1 aromatic heterocycles. The van der Waals surface area contributed by atoms with E-state index in [2.05, 4.69) is 10.3 Å². The number of aromatic nitrogens is 2. The molecule has 0 radical (unpaired) electrons. The largest absolute Gasteiger partial charge is 0.326 e. The summed E-state index contributed by atoms with van der Waals surface area (Å²) in [6, 6.07) is 20.5. The van der Waals surface area contributed by atoms with Gasteiger partial charge in [0, 0.05) is 5.69 Å². The average molecular weight is 428 g/mol. The summed E-state index contributed by atoms with van der Waals surface area (Å²) in [5.41, 5.74) is 4.03. The Kier molecular flexibility index (Phi) is 4.93. The molecule has 32 heavy (non-hydrogen) atoms. The second kappa shape index (κ2) is 7.92. The van der Waals surface area contributed by atoms with Gasteiger partial charge in [0.2, 0.25) is 11.9 Å². The molecule has 160 valence electrons. The van der Waals surface area contributed by atoms with Gasteiger partial charge in [-0.3, -0.25) is 19.1 Å². The van der Waals surface area contributed by atoms with Crippen LogP contribution in [0.4, 0.5) is 16.0 Å². The first-order valence-corrected chi connectivity index (χ1v) is 10.4. The van der Waals surface area contributed by atoms with E-state index >= 15 is 0 Å². The fourth-order valence-corrected chi connectivity index (χ4v) is 4.08. The van der Waals surface area contributed by atoms with E-state index in [4.69, 9.17) is 0 Å². The maximum atomic E-state index is 13.5. The van der Waals surface area contributed by atoms with Gasteiger partial charge >= 0.3 is 0 Å². The molecular formula is C25H21FN4O2. The van der Waals surface area contributed by atoms with Crippen LogP contribution in [-0.2, 0) is 16.1 Å². The lowest BCUT2D eigenvalue weighted by Crippen LogP contribution is -2.31. The van der Waals surface area contributed by atoms with Crippen molar-refractivity contribution in [3.8, 4) is 0 Å². The maximum Gasteiger partial charge on any atom is 0.253 e. The predicted octanol–water partition coefficient (Wildman–Crippen LogP) is 4.60. The number of anilines is 2. The number of nitrogens with one attached hydrogen (secondary N) is 1. The van der Waals surface area contributed by atoms with E-state index in [0.717, 1.165) is 22.2 Å². The fourth-order valence-electron chi connectivity index (χ4n) is 4.08. The number of rotatable bonds is 5. The molecule has 0 fully saturated rings. The summed E-state index contributed by atoms with van der Waals surface area (Å²) in [6.45, 7) is 2.38. The highest BCUT2D eigenvalue weighted by atomic mass is 19.1. The molecule has 3 aromatic carbocycles. The first-order chi connectivity index (χ1) is 15.5. The van der Waals surface area contributed by atoms with E-state index in [1.807, 2.05) is 60.0 Å². The van der Waals surface area contributed by atoms with E-state index in [0.29, 0.717) is 18.2 Å². The first-order valence-electron chi connectivity index (χ1n) is 10.4. The van der Waals surface area contributed by atoms with E-state index in [9.17, 15) is 14.0 Å². The first kappa shape index (κ1) is 19.9. The topological polar surface area (TPSA) is 67.2 Å². The van der Waals surface area contributed by atoms with Crippen molar-refractivity contribution in [1.82, 2.24) is 9.55 Å². The van der Waals surface area contributed by atoms with Gasteiger partial charge in [0.15, 0.2) is 0 Å². The van der Waals surface area contributed by atoms with Crippen LogP contribution in [0.2, 0.25) is 0 Å². The molecule has 1 aliphatic heterocycles. The van der Waals surface area contributed by atoms with Crippen LogP contribution in [-0.4, -0.2) is 21.4 Å². The zero-order chi connectivity index (χ0) is 22.2. The van der Waals surface area contributed by atoms with E-state index in [1.54, 1.807) is 11.0 Å². The molecule has 4 aromatic rings. The quantitative estimate of drug-likeness (QED) is 0.505. The number of amides is 2. The van der Waals surface area contributed by atoms with Gasteiger partial charge in [0.25, 0.3) is 5.91 Å². The molecule has 2 amide bonds. The zero-order valence-corrected chi connectivity index (χ0v) is 17.5. The summed E-state index contributed by atoms with van der Waals surface area (Å²) in [4.78, 5) is 32.5. The maximum absolute atomic E-state index is 13.5. The molecule has 1 N–H and O–H groups in total. The predicted molar refractivity (Wildman–Crippen MR) is 121 cm³/mol. The molecule has 0 spiro atoms. The van der Waals surface area contributed by atoms with Gasteiger partial charge in [-0.1, -0.05) is 48.0 Å². The summed E-state index contributed by atoms with van der Waals surface area (Å²) in [7, 11) is 0. The molecular weight excluding hydrogens is 407 g/mol. The second-order valence-corrected chi connectivity index (χ2v) is 7.96. The molecule has 6 nitrogen and oxygen atoms in total. The highest BCUT2D eigenvalue weighted by Crippen LogP contribution is 2.37. The van der Waals surface area contributed by atoms with E-state index < -0.39 is 11.9 Å². The summed E-state index contributed by atoms with van der Waals surface area (Å²) in [6.07, 6.45) is -0.0763. The minimum Gasteiger partial charge on any atom is -0.326 e. The number of aryl methyl sites for hydroxylation is 1. The Labute approximate surface area is 184 Å². The lowest BCUT2D eigenvalue weighted by atomic mass is 10.1. The third kappa shape index (κ3) is 3.62. The zero-order valence-electron chi connectivity index (χ0n) is 17.5. The number of para-hydroxylation sites is 2. The third-order valence-corrected chi connectivity index (χ3v) is 5.63. The molecule has 1 unspecified atom stereocenters. The molecule has 1 atom stereocenters. The number of carbonyl (C=O) groups is 2. The van der Waals surface area contributed by atoms with Crippen molar-refractivity contribution in [2.45, 2.75) is 25.9 Å². The van der Waals surface area contributed by atoms with Crippen LogP contribution in [0.15, 0.2) is 72.8 Å². The van der Waals surface area contributed by atoms with Crippen molar-refractivity contribution in [2.75, 3.05) is 10.2 Å². The Morgan fingerprint density at radius 2 is 1.84 bits per heavy atom. The number of hydrogen-bond acceptors (Lipinski definition) is 3. The lowest BCUT2D eigenvalue weighted by Gasteiger charge is -2.16. The molecule has 0 aliphatic carbocycles. The number of imidazole rings is 1. The van der Waals surface area contributed by atoms with E-state index in [-0.39, 0.29) is 18.2 Å². The molecule has 0 saturated heterocycles. The van der Waals surface area contributed by atoms with Crippen LogP contribution >= 0.6 is 0 Å². The fraction of sp³-hybridized carbons (Fsp3) is 0.160.